The molecule has 0 saturated heterocycles. The Labute approximate surface area is 103 Å². The van der Waals surface area contributed by atoms with Crippen LogP contribution in [0.1, 0.15) is 17.3 Å². The molecule has 0 saturated carbocycles. The highest BCUT2D eigenvalue weighted by Gasteiger charge is 2.13. The quantitative estimate of drug-likeness (QED) is 0.665. The third-order valence-electron chi connectivity index (χ3n) is 1.53. The predicted molar refractivity (Wildman–Crippen MR) is 61.7 cm³/mol. The van der Waals surface area contributed by atoms with Gasteiger partial charge < -0.3 is 10.5 Å². The first-order valence-electron chi connectivity index (χ1n) is 3.89. The smallest absolute Gasteiger partial charge is 0.308 e. The van der Waals surface area contributed by atoms with E-state index in [4.69, 9.17) is 10.5 Å². The molecule has 0 unspecified atom stereocenters. The maximum absolute atomic E-state index is 10.9. The zero-order valence-electron chi connectivity index (χ0n) is 7.71. The molecule has 4 nitrogen and oxygen atoms in total. The van der Waals surface area contributed by atoms with Gasteiger partial charge in [-0.15, -0.1) is 0 Å². The van der Waals surface area contributed by atoms with Gasteiger partial charge in [-0.1, -0.05) is 0 Å². The molecule has 0 heterocycles. The van der Waals surface area contributed by atoms with Crippen LogP contribution in [0.4, 0.5) is 0 Å². The van der Waals surface area contributed by atoms with Gasteiger partial charge in [-0.25, -0.2) is 0 Å². The van der Waals surface area contributed by atoms with Crippen molar-refractivity contribution in [3.8, 4) is 5.75 Å². The first-order valence-corrected chi connectivity index (χ1v) is 5.47. The minimum absolute atomic E-state index is 0.324. The number of primary amides is 1. The van der Waals surface area contributed by atoms with Gasteiger partial charge in [-0.05, 0) is 44.0 Å². The summed E-state index contributed by atoms with van der Waals surface area (Å²) in [6.45, 7) is 1.29. The molecule has 0 bridgehead atoms. The Morgan fingerprint density at radius 1 is 1.27 bits per heavy atom. The number of amides is 1. The molecule has 0 radical (unpaired) electrons. The lowest BCUT2D eigenvalue weighted by Gasteiger charge is -2.07. The summed E-state index contributed by atoms with van der Waals surface area (Å²) in [5.74, 6) is -0.665. The van der Waals surface area contributed by atoms with Gasteiger partial charge >= 0.3 is 5.97 Å². The van der Waals surface area contributed by atoms with Crippen molar-refractivity contribution in [2.24, 2.45) is 5.73 Å². The number of carbonyl (C=O) groups is 2. The summed E-state index contributed by atoms with van der Waals surface area (Å²) in [5, 5.41) is 0. The highest BCUT2D eigenvalue weighted by Crippen LogP contribution is 2.34. The molecule has 0 fully saturated rings. The van der Waals surface area contributed by atoms with E-state index < -0.39 is 11.9 Å². The summed E-state index contributed by atoms with van der Waals surface area (Å²) in [4.78, 5) is 21.7. The van der Waals surface area contributed by atoms with Crippen LogP contribution < -0.4 is 10.5 Å². The molecule has 0 aliphatic heterocycles. The molecule has 0 aromatic heterocycles. The minimum atomic E-state index is -0.550. The summed E-state index contributed by atoms with van der Waals surface area (Å²) in [7, 11) is 0. The van der Waals surface area contributed by atoms with Crippen molar-refractivity contribution in [1.82, 2.24) is 0 Å². The number of benzene rings is 1. The topological polar surface area (TPSA) is 69.4 Å². The van der Waals surface area contributed by atoms with E-state index in [1.165, 1.54) is 19.1 Å². The molecule has 15 heavy (non-hydrogen) atoms. The summed E-state index contributed by atoms with van der Waals surface area (Å²) < 4.78 is 5.90. The van der Waals surface area contributed by atoms with Crippen molar-refractivity contribution < 1.29 is 14.3 Å². The van der Waals surface area contributed by atoms with Crippen LogP contribution in [-0.4, -0.2) is 11.9 Å². The van der Waals surface area contributed by atoms with Gasteiger partial charge in [0.1, 0.15) is 0 Å². The Balaban J connectivity index is 3.21. The van der Waals surface area contributed by atoms with Gasteiger partial charge in [0.25, 0.3) is 0 Å². The van der Waals surface area contributed by atoms with E-state index in [0.717, 1.165) is 0 Å². The van der Waals surface area contributed by atoms with Crippen molar-refractivity contribution in [1.29, 1.82) is 0 Å². The summed E-state index contributed by atoms with van der Waals surface area (Å²) in [6, 6.07) is 2.98. The Morgan fingerprint density at radius 3 is 2.07 bits per heavy atom. The van der Waals surface area contributed by atoms with Crippen molar-refractivity contribution >= 4 is 43.7 Å². The van der Waals surface area contributed by atoms with Gasteiger partial charge in [0.05, 0.1) is 8.95 Å². The highest BCUT2D eigenvalue weighted by molar-refractivity contribution is 9.11. The minimum Gasteiger partial charge on any atom is -0.424 e. The maximum Gasteiger partial charge on any atom is 0.308 e. The Morgan fingerprint density at radius 2 is 1.73 bits per heavy atom. The van der Waals surface area contributed by atoms with Crippen molar-refractivity contribution in [2.75, 3.05) is 0 Å². The second kappa shape index (κ2) is 4.76. The van der Waals surface area contributed by atoms with Crippen LogP contribution in [0.25, 0.3) is 0 Å². The van der Waals surface area contributed by atoms with Crippen LogP contribution in [0.15, 0.2) is 21.1 Å². The van der Waals surface area contributed by atoms with E-state index in [-0.39, 0.29) is 0 Å². The lowest BCUT2D eigenvalue weighted by Crippen LogP contribution is -2.11. The van der Waals surface area contributed by atoms with E-state index in [1.807, 2.05) is 0 Å². The molecule has 0 spiro atoms. The van der Waals surface area contributed by atoms with E-state index >= 15 is 0 Å². The second-order valence-corrected chi connectivity index (χ2v) is 4.44. The molecule has 2 N–H and O–H groups in total. The highest BCUT2D eigenvalue weighted by atomic mass is 79.9. The van der Waals surface area contributed by atoms with Crippen LogP contribution in [0.3, 0.4) is 0 Å². The SMILES string of the molecule is CC(=O)Oc1c(Br)cc(C(N)=O)cc1Br. The molecule has 6 heteroatoms. The molecule has 1 aromatic carbocycles. The molecule has 1 aromatic rings. The Kier molecular flexibility index (Phi) is 3.87. The second-order valence-electron chi connectivity index (χ2n) is 2.73. The Hall–Kier alpha value is -0.880. The first kappa shape index (κ1) is 12.2. The van der Waals surface area contributed by atoms with Crippen molar-refractivity contribution in [2.45, 2.75) is 6.92 Å². The Bertz CT molecular complexity index is 408. The average Bonchev–Trinajstić information content (AvgIpc) is 2.10. The van der Waals surface area contributed by atoms with Gasteiger partial charge in [0.15, 0.2) is 5.75 Å². The third kappa shape index (κ3) is 3.04. The third-order valence-corrected chi connectivity index (χ3v) is 2.71. The fourth-order valence-corrected chi connectivity index (χ4v) is 2.29. The standard InChI is InChI=1S/C9H7Br2NO3/c1-4(13)15-8-6(10)2-5(9(12)14)3-7(8)11/h2-3H,1H3,(H2,12,14). The maximum atomic E-state index is 10.9. The predicted octanol–water partition coefficient (Wildman–Crippen LogP) is 2.24. The molecule has 0 aliphatic carbocycles. The number of nitrogens with two attached hydrogens (primary N) is 1. The van der Waals surface area contributed by atoms with Gasteiger partial charge in [0, 0.05) is 12.5 Å². The lowest BCUT2D eigenvalue weighted by atomic mass is 10.2. The van der Waals surface area contributed by atoms with Gasteiger partial charge in [0.2, 0.25) is 5.91 Å². The van der Waals surface area contributed by atoms with Crippen LogP contribution in [0, 0.1) is 0 Å². The van der Waals surface area contributed by atoms with Crippen LogP contribution >= 0.6 is 31.9 Å². The van der Waals surface area contributed by atoms with Crippen LogP contribution in [0.5, 0.6) is 5.75 Å². The van der Waals surface area contributed by atoms with E-state index in [1.54, 1.807) is 0 Å². The van der Waals surface area contributed by atoms with Crippen molar-refractivity contribution in [3.63, 3.8) is 0 Å². The zero-order valence-corrected chi connectivity index (χ0v) is 10.9. The van der Waals surface area contributed by atoms with Crippen molar-refractivity contribution in [3.05, 3.63) is 26.6 Å². The summed E-state index contributed by atoms with van der Waals surface area (Å²) in [5.41, 5.74) is 5.44. The number of esters is 1. The fourth-order valence-electron chi connectivity index (χ4n) is 0.943. The fraction of sp³-hybridized carbons (Fsp3) is 0.111. The van der Waals surface area contributed by atoms with Gasteiger partial charge in [-0.3, -0.25) is 9.59 Å². The monoisotopic (exact) mass is 335 g/mol. The number of ether oxygens (including phenoxy) is 1. The van der Waals surface area contributed by atoms with Gasteiger partial charge in [-0.2, -0.15) is 0 Å². The normalized spacial score (nSPS) is 9.80. The molecule has 0 atom stereocenters. The molecule has 1 rings (SSSR count). The zero-order chi connectivity index (χ0) is 11.6. The average molecular weight is 337 g/mol. The molecular formula is C9H7Br2NO3. The van der Waals surface area contributed by atoms with Crippen LogP contribution in [0.2, 0.25) is 0 Å². The number of hydrogen-bond donors (Lipinski definition) is 1. The molecule has 80 valence electrons. The van der Waals surface area contributed by atoms with E-state index in [9.17, 15) is 9.59 Å². The number of carbonyl (C=O) groups excluding carboxylic acids is 2. The number of halogens is 2. The van der Waals surface area contributed by atoms with E-state index in [2.05, 4.69) is 31.9 Å². The molecule has 0 aliphatic rings. The number of hydrogen-bond acceptors (Lipinski definition) is 3. The lowest BCUT2D eigenvalue weighted by molar-refractivity contribution is -0.131. The molecular weight excluding hydrogens is 330 g/mol. The first-order chi connectivity index (χ1) is 6.91. The summed E-state index contributed by atoms with van der Waals surface area (Å²) >= 11 is 6.36. The number of rotatable bonds is 2. The molecule has 1 amide bonds. The van der Waals surface area contributed by atoms with Crippen LogP contribution in [-0.2, 0) is 4.79 Å². The van der Waals surface area contributed by atoms with E-state index in [0.29, 0.717) is 20.3 Å². The largest absolute Gasteiger partial charge is 0.424 e. The summed E-state index contributed by atoms with van der Waals surface area (Å²) in [6.07, 6.45) is 0.